The van der Waals surface area contributed by atoms with Gasteiger partial charge in [0.1, 0.15) is 0 Å². The number of nitrogens with zero attached hydrogens (tertiary/aromatic N) is 4. The molecule has 0 aliphatic carbocycles. The Morgan fingerprint density at radius 1 is 1.00 bits per heavy atom. The minimum absolute atomic E-state index is 0.592. The number of aromatic nitrogens is 3. The molecule has 0 aliphatic rings. The standard InChI is InChI=1S/C19H21N5/c1-14-8-7-11-17(15(14)2)21-18-12-20-23-19(22-18)24(3)13-16-9-5-4-6-10-16/h4-12H,13H2,1-3H3,(H,21,22,23). The van der Waals surface area contributed by atoms with Crippen molar-refractivity contribution in [3.63, 3.8) is 0 Å². The first-order valence-corrected chi connectivity index (χ1v) is 7.91. The maximum Gasteiger partial charge on any atom is 0.247 e. The van der Waals surface area contributed by atoms with Crippen LogP contribution in [-0.2, 0) is 6.54 Å². The molecule has 0 fully saturated rings. The summed E-state index contributed by atoms with van der Waals surface area (Å²) >= 11 is 0. The minimum Gasteiger partial charge on any atom is -0.339 e. The molecule has 24 heavy (non-hydrogen) atoms. The number of hydrogen-bond acceptors (Lipinski definition) is 5. The van der Waals surface area contributed by atoms with Gasteiger partial charge in [-0.15, -0.1) is 5.10 Å². The van der Waals surface area contributed by atoms with E-state index in [0.717, 1.165) is 12.2 Å². The van der Waals surface area contributed by atoms with Crippen molar-refractivity contribution in [3.05, 3.63) is 71.4 Å². The molecule has 5 nitrogen and oxygen atoms in total. The summed E-state index contributed by atoms with van der Waals surface area (Å²) in [6.07, 6.45) is 1.64. The molecule has 0 saturated heterocycles. The van der Waals surface area contributed by atoms with Crippen LogP contribution >= 0.6 is 0 Å². The summed E-state index contributed by atoms with van der Waals surface area (Å²) in [6.45, 7) is 4.92. The third kappa shape index (κ3) is 3.68. The van der Waals surface area contributed by atoms with Crippen LogP contribution in [0.3, 0.4) is 0 Å². The molecule has 0 atom stereocenters. The molecule has 0 bridgehead atoms. The summed E-state index contributed by atoms with van der Waals surface area (Å²) in [5.41, 5.74) is 4.68. The lowest BCUT2D eigenvalue weighted by molar-refractivity contribution is 0.831. The molecular formula is C19H21N5. The van der Waals surface area contributed by atoms with Gasteiger partial charge in [-0.05, 0) is 36.6 Å². The molecule has 1 heterocycles. The molecule has 0 amide bonds. The largest absolute Gasteiger partial charge is 0.339 e. The number of hydrogen-bond donors (Lipinski definition) is 1. The van der Waals surface area contributed by atoms with Crippen molar-refractivity contribution >= 4 is 17.5 Å². The van der Waals surface area contributed by atoms with Gasteiger partial charge in [0, 0.05) is 19.3 Å². The van der Waals surface area contributed by atoms with E-state index in [9.17, 15) is 0 Å². The summed E-state index contributed by atoms with van der Waals surface area (Å²) in [4.78, 5) is 6.56. The zero-order valence-electron chi connectivity index (χ0n) is 14.2. The van der Waals surface area contributed by atoms with Crippen molar-refractivity contribution in [2.45, 2.75) is 20.4 Å². The van der Waals surface area contributed by atoms with Gasteiger partial charge in [-0.3, -0.25) is 0 Å². The Hall–Kier alpha value is -2.95. The molecule has 0 aliphatic heterocycles. The van der Waals surface area contributed by atoms with E-state index in [1.165, 1.54) is 16.7 Å². The fourth-order valence-electron chi connectivity index (χ4n) is 2.47. The number of anilines is 3. The second-order valence-electron chi connectivity index (χ2n) is 5.86. The third-order valence-corrected chi connectivity index (χ3v) is 4.02. The Morgan fingerprint density at radius 2 is 1.79 bits per heavy atom. The first-order chi connectivity index (χ1) is 11.6. The quantitative estimate of drug-likeness (QED) is 0.773. The van der Waals surface area contributed by atoms with Crippen molar-refractivity contribution in [3.8, 4) is 0 Å². The highest BCUT2D eigenvalue weighted by atomic mass is 15.3. The van der Waals surface area contributed by atoms with E-state index in [-0.39, 0.29) is 0 Å². The molecule has 0 spiro atoms. The fraction of sp³-hybridized carbons (Fsp3) is 0.211. The van der Waals surface area contributed by atoms with Gasteiger partial charge >= 0.3 is 0 Å². The first kappa shape index (κ1) is 15.9. The second kappa shape index (κ2) is 7.08. The third-order valence-electron chi connectivity index (χ3n) is 4.02. The van der Waals surface area contributed by atoms with Crippen LogP contribution in [0.15, 0.2) is 54.7 Å². The highest BCUT2D eigenvalue weighted by Gasteiger charge is 2.08. The molecular weight excluding hydrogens is 298 g/mol. The number of nitrogens with one attached hydrogen (secondary N) is 1. The van der Waals surface area contributed by atoms with Gasteiger partial charge in [-0.2, -0.15) is 10.1 Å². The van der Waals surface area contributed by atoms with Crippen LogP contribution in [0, 0.1) is 13.8 Å². The molecule has 0 radical (unpaired) electrons. The summed E-state index contributed by atoms with van der Waals surface area (Å²) in [6, 6.07) is 16.4. The molecule has 5 heteroatoms. The Kier molecular flexibility index (Phi) is 4.70. The Bertz CT molecular complexity index is 817. The van der Waals surface area contributed by atoms with Gasteiger partial charge < -0.3 is 10.2 Å². The van der Waals surface area contributed by atoms with Crippen LogP contribution in [0.1, 0.15) is 16.7 Å². The average Bonchev–Trinajstić information content (AvgIpc) is 2.60. The molecule has 122 valence electrons. The zero-order valence-corrected chi connectivity index (χ0v) is 14.2. The highest BCUT2D eigenvalue weighted by Crippen LogP contribution is 2.22. The van der Waals surface area contributed by atoms with Crippen molar-refractivity contribution < 1.29 is 0 Å². The van der Waals surface area contributed by atoms with E-state index in [0.29, 0.717) is 11.8 Å². The van der Waals surface area contributed by atoms with Crippen molar-refractivity contribution in [1.82, 2.24) is 15.2 Å². The molecule has 0 unspecified atom stereocenters. The molecule has 1 N–H and O–H groups in total. The van der Waals surface area contributed by atoms with Gasteiger partial charge in [0.25, 0.3) is 0 Å². The van der Waals surface area contributed by atoms with E-state index in [1.54, 1.807) is 6.20 Å². The molecule has 1 aromatic heterocycles. The van der Waals surface area contributed by atoms with Crippen LogP contribution in [0.25, 0.3) is 0 Å². The fourth-order valence-corrected chi connectivity index (χ4v) is 2.47. The van der Waals surface area contributed by atoms with Gasteiger partial charge in [0.2, 0.25) is 5.95 Å². The van der Waals surface area contributed by atoms with E-state index in [4.69, 9.17) is 0 Å². The lowest BCUT2D eigenvalue weighted by Crippen LogP contribution is -2.20. The molecule has 0 saturated carbocycles. The lowest BCUT2D eigenvalue weighted by Gasteiger charge is -2.17. The highest BCUT2D eigenvalue weighted by molar-refractivity contribution is 5.62. The van der Waals surface area contributed by atoms with E-state index in [1.807, 2.05) is 42.3 Å². The van der Waals surface area contributed by atoms with Gasteiger partial charge in [-0.1, -0.05) is 42.5 Å². The van der Waals surface area contributed by atoms with Crippen LogP contribution in [0.5, 0.6) is 0 Å². The topological polar surface area (TPSA) is 53.9 Å². The number of aryl methyl sites for hydroxylation is 1. The summed E-state index contributed by atoms with van der Waals surface area (Å²) in [5.74, 6) is 1.28. The Balaban J connectivity index is 1.77. The number of benzene rings is 2. The van der Waals surface area contributed by atoms with E-state index >= 15 is 0 Å². The zero-order chi connectivity index (χ0) is 16.9. The smallest absolute Gasteiger partial charge is 0.247 e. The molecule has 3 rings (SSSR count). The van der Waals surface area contributed by atoms with Crippen molar-refractivity contribution in [2.75, 3.05) is 17.3 Å². The van der Waals surface area contributed by atoms with Crippen LogP contribution in [0.4, 0.5) is 17.5 Å². The van der Waals surface area contributed by atoms with Crippen LogP contribution in [0.2, 0.25) is 0 Å². The van der Waals surface area contributed by atoms with E-state index < -0.39 is 0 Å². The normalized spacial score (nSPS) is 10.5. The van der Waals surface area contributed by atoms with Crippen molar-refractivity contribution in [2.24, 2.45) is 0 Å². The molecule has 3 aromatic rings. The Morgan fingerprint density at radius 3 is 2.58 bits per heavy atom. The van der Waals surface area contributed by atoms with Gasteiger partial charge in [0.05, 0.1) is 6.20 Å². The summed E-state index contributed by atoms with van der Waals surface area (Å²) in [7, 11) is 1.96. The van der Waals surface area contributed by atoms with Gasteiger partial charge in [-0.25, -0.2) is 0 Å². The predicted molar refractivity (Wildman–Crippen MR) is 97.6 cm³/mol. The lowest BCUT2D eigenvalue weighted by atomic mass is 10.1. The maximum atomic E-state index is 4.58. The molecule has 2 aromatic carbocycles. The SMILES string of the molecule is Cc1cccc(Nc2cnnc(N(C)Cc3ccccc3)n2)c1C. The minimum atomic E-state index is 0.592. The van der Waals surface area contributed by atoms with Crippen LogP contribution < -0.4 is 10.2 Å². The summed E-state index contributed by atoms with van der Waals surface area (Å²) < 4.78 is 0. The predicted octanol–water partition coefficient (Wildman–Crippen LogP) is 3.87. The van der Waals surface area contributed by atoms with Crippen LogP contribution in [-0.4, -0.2) is 22.2 Å². The monoisotopic (exact) mass is 319 g/mol. The first-order valence-electron chi connectivity index (χ1n) is 7.91. The average molecular weight is 319 g/mol. The van der Waals surface area contributed by atoms with Gasteiger partial charge in [0.15, 0.2) is 5.82 Å². The second-order valence-corrected chi connectivity index (χ2v) is 5.86. The number of rotatable bonds is 5. The summed E-state index contributed by atoms with van der Waals surface area (Å²) in [5, 5.41) is 11.6. The van der Waals surface area contributed by atoms with Crippen molar-refractivity contribution in [1.29, 1.82) is 0 Å². The van der Waals surface area contributed by atoms with E-state index in [2.05, 4.69) is 52.5 Å². The maximum absolute atomic E-state index is 4.58. The Labute approximate surface area is 142 Å².